The second kappa shape index (κ2) is 4.95. The summed E-state index contributed by atoms with van der Waals surface area (Å²) < 4.78 is 7.19. The van der Waals surface area contributed by atoms with E-state index < -0.39 is 24.5 Å². The Bertz CT molecular complexity index is 606. The first-order chi connectivity index (χ1) is 9.95. The number of ether oxygens (including phenoxy) is 1. The Labute approximate surface area is 120 Å². The molecule has 21 heavy (non-hydrogen) atoms. The number of aryl methyl sites for hydroxylation is 1. The molecule has 0 aliphatic carbocycles. The minimum atomic E-state index is -1.18. The van der Waals surface area contributed by atoms with Crippen LogP contribution in [0.3, 0.4) is 0 Å². The van der Waals surface area contributed by atoms with Gasteiger partial charge in [0.05, 0.1) is 13.3 Å². The van der Waals surface area contributed by atoms with Crippen molar-refractivity contribution in [3.05, 3.63) is 16.7 Å². The highest BCUT2D eigenvalue weighted by Crippen LogP contribution is 2.36. The highest BCUT2D eigenvalue weighted by molar-refractivity contribution is 5.71. The summed E-state index contributed by atoms with van der Waals surface area (Å²) in [5, 5.41) is 29.2. The SMILES string of the molecule is CN1CN([C@@H]2O[C@H](CO)[C@@H](O)[C@H]2O)c2c1c(=O)ncn2C. The van der Waals surface area contributed by atoms with Crippen LogP contribution in [0, 0.1) is 0 Å². The number of aromatic nitrogens is 2. The predicted molar refractivity (Wildman–Crippen MR) is 73.0 cm³/mol. The zero-order valence-corrected chi connectivity index (χ0v) is 11.7. The monoisotopic (exact) mass is 298 g/mol. The molecule has 1 saturated heterocycles. The average molecular weight is 298 g/mol. The van der Waals surface area contributed by atoms with Crippen molar-refractivity contribution < 1.29 is 20.1 Å². The zero-order valence-electron chi connectivity index (χ0n) is 11.7. The molecule has 1 aromatic heterocycles. The van der Waals surface area contributed by atoms with Crippen LogP contribution in [-0.4, -0.2) is 69.7 Å². The topological polar surface area (TPSA) is 111 Å². The molecule has 0 radical (unpaired) electrons. The van der Waals surface area contributed by atoms with E-state index in [-0.39, 0.29) is 12.2 Å². The van der Waals surface area contributed by atoms with Crippen molar-refractivity contribution in [1.29, 1.82) is 0 Å². The summed E-state index contributed by atoms with van der Waals surface area (Å²) >= 11 is 0. The summed E-state index contributed by atoms with van der Waals surface area (Å²) in [6, 6.07) is 0. The van der Waals surface area contributed by atoms with Gasteiger partial charge in [-0.1, -0.05) is 0 Å². The van der Waals surface area contributed by atoms with Crippen molar-refractivity contribution >= 4 is 11.5 Å². The van der Waals surface area contributed by atoms with Crippen LogP contribution < -0.4 is 15.4 Å². The van der Waals surface area contributed by atoms with Gasteiger partial charge in [0.25, 0.3) is 5.56 Å². The van der Waals surface area contributed by atoms with E-state index in [4.69, 9.17) is 4.74 Å². The first-order valence-corrected chi connectivity index (χ1v) is 6.61. The number of aliphatic hydroxyl groups is 3. The first-order valence-electron chi connectivity index (χ1n) is 6.61. The van der Waals surface area contributed by atoms with Gasteiger partial charge in [0.15, 0.2) is 6.23 Å². The molecule has 0 bridgehead atoms. The molecule has 0 unspecified atom stereocenters. The zero-order chi connectivity index (χ0) is 15.3. The lowest BCUT2D eigenvalue weighted by molar-refractivity contribution is -0.0223. The number of anilines is 2. The van der Waals surface area contributed by atoms with Gasteiger partial charge in [-0.15, -0.1) is 0 Å². The second-order valence-corrected chi connectivity index (χ2v) is 5.37. The molecule has 0 spiro atoms. The largest absolute Gasteiger partial charge is 0.394 e. The van der Waals surface area contributed by atoms with Crippen LogP contribution in [0.5, 0.6) is 0 Å². The van der Waals surface area contributed by atoms with Crippen LogP contribution >= 0.6 is 0 Å². The second-order valence-electron chi connectivity index (χ2n) is 5.37. The van der Waals surface area contributed by atoms with Crippen LogP contribution in [0.2, 0.25) is 0 Å². The molecule has 2 aliphatic rings. The number of nitrogens with zero attached hydrogens (tertiary/aromatic N) is 4. The summed E-state index contributed by atoms with van der Waals surface area (Å²) in [6.07, 6.45) is -2.64. The molecule has 3 N–H and O–H groups in total. The van der Waals surface area contributed by atoms with Crippen molar-refractivity contribution in [2.24, 2.45) is 7.05 Å². The fourth-order valence-electron chi connectivity index (χ4n) is 2.89. The summed E-state index contributed by atoms with van der Waals surface area (Å²) in [5.74, 6) is 0.562. The van der Waals surface area contributed by atoms with Crippen molar-refractivity contribution in [2.45, 2.75) is 24.5 Å². The molecule has 116 valence electrons. The highest BCUT2D eigenvalue weighted by atomic mass is 16.6. The fourth-order valence-corrected chi connectivity index (χ4v) is 2.89. The van der Waals surface area contributed by atoms with E-state index in [9.17, 15) is 20.1 Å². The van der Waals surface area contributed by atoms with E-state index in [0.717, 1.165) is 0 Å². The summed E-state index contributed by atoms with van der Waals surface area (Å²) in [5.41, 5.74) is 0.0533. The number of fused-ring (bicyclic) bond motifs is 1. The Hall–Kier alpha value is -1.68. The van der Waals surface area contributed by atoms with E-state index in [1.807, 2.05) is 0 Å². The maximum atomic E-state index is 11.9. The van der Waals surface area contributed by atoms with Crippen molar-refractivity contribution in [1.82, 2.24) is 9.55 Å². The Balaban J connectivity index is 2.01. The standard InChI is InChI=1S/C12H18N4O5/c1-14-4-13-10(20)7-11(14)16(5-15(7)2)12-9(19)8(18)6(3-17)21-12/h4,6,8-9,12,17-19H,3,5H2,1-2H3/t6-,8-,9-,12-/m1/s1. The highest BCUT2D eigenvalue weighted by Gasteiger charge is 2.48. The molecule has 3 rings (SSSR count). The molecule has 1 fully saturated rings. The van der Waals surface area contributed by atoms with Gasteiger partial charge in [-0.3, -0.25) is 4.79 Å². The molecule has 9 heteroatoms. The van der Waals surface area contributed by atoms with Crippen LogP contribution in [0.4, 0.5) is 11.5 Å². The van der Waals surface area contributed by atoms with Gasteiger partial charge < -0.3 is 34.4 Å². The lowest BCUT2D eigenvalue weighted by atomic mass is 10.1. The van der Waals surface area contributed by atoms with Gasteiger partial charge in [-0.05, 0) is 0 Å². The summed E-state index contributed by atoms with van der Waals surface area (Å²) in [7, 11) is 3.47. The lowest BCUT2D eigenvalue weighted by Gasteiger charge is -2.29. The third-order valence-electron chi connectivity index (χ3n) is 3.94. The van der Waals surface area contributed by atoms with Gasteiger partial charge in [0, 0.05) is 14.1 Å². The number of rotatable bonds is 2. The Morgan fingerprint density at radius 1 is 1.38 bits per heavy atom. The van der Waals surface area contributed by atoms with Crippen LogP contribution in [-0.2, 0) is 11.8 Å². The molecule has 3 heterocycles. The average Bonchev–Trinajstić information content (AvgIpc) is 2.94. The van der Waals surface area contributed by atoms with E-state index in [1.54, 1.807) is 28.5 Å². The molecule has 2 aliphatic heterocycles. The molecule has 4 atom stereocenters. The Morgan fingerprint density at radius 3 is 2.71 bits per heavy atom. The normalized spacial score (nSPS) is 31.9. The number of hydrogen-bond acceptors (Lipinski definition) is 8. The van der Waals surface area contributed by atoms with Crippen molar-refractivity contribution in [3.8, 4) is 0 Å². The minimum Gasteiger partial charge on any atom is -0.394 e. The number of aliphatic hydroxyl groups excluding tert-OH is 3. The van der Waals surface area contributed by atoms with Gasteiger partial charge in [0.2, 0.25) is 0 Å². The number of hydrogen-bond donors (Lipinski definition) is 3. The smallest absolute Gasteiger partial charge is 0.298 e. The quantitative estimate of drug-likeness (QED) is 0.546. The predicted octanol–water partition coefficient (Wildman–Crippen LogP) is -2.57. The summed E-state index contributed by atoms with van der Waals surface area (Å²) in [4.78, 5) is 19.1. The first kappa shape index (κ1) is 14.3. The fraction of sp³-hybridized carbons (Fsp3) is 0.667. The summed E-state index contributed by atoms with van der Waals surface area (Å²) in [6.45, 7) is -0.0722. The maximum Gasteiger partial charge on any atom is 0.298 e. The third kappa shape index (κ3) is 2.01. The molecule has 0 saturated carbocycles. The van der Waals surface area contributed by atoms with Crippen LogP contribution in [0.15, 0.2) is 11.1 Å². The maximum absolute atomic E-state index is 11.9. The van der Waals surface area contributed by atoms with Crippen LogP contribution in [0.25, 0.3) is 0 Å². The molecular weight excluding hydrogens is 280 g/mol. The molecular formula is C12H18N4O5. The van der Waals surface area contributed by atoms with E-state index >= 15 is 0 Å². The third-order valence-corrected chi connectivity index (χ3v) is 3.94. The minimum absolute atomic E-state index is 0.316. The van der Waals surface area contributed by atoms with E-state index in [1.165, 1.54) is 6.33 Å². The molecule has 1 aromatic rings. The Morgan fingerprint density at radius 2 is 2.10 bits per heavy atom. The molecule has 0 aromatic carbocycles. The molecule has 9 nitrogen and oxygen atoms in total. The van der Waals surface area contributed by atoms with Gasteiger partial charge in [-0.25, -0.2) is 0 Å². The van der Waals surface area contributed by atoms with Gasteiger partial charge >= 0.3 is 0 Å². The van der Waals surface area contributed by atoms with Crippen molar-refractivity contribution in [3.63, 3.8) is 0 Å². The van der Waals surface area contributed by atoms with Crippen LogP contribution in [0.1, 0.15) is 0 Å². The Kier molecular flexibility index (Phi) is 3.36. The van der Waals surface area contributed by atoms with Gasteiger partial charge in [-0.2, -0.15) is 4.98 Å². The van der Waals surface area contributed by atoms with Crippen molar-refractivity contribution in [2.75, 3.05) is 30.1 Å². The molecule has 0 amide bonds. The lowest BCUT2D eigenvalue weighted by Crippen LogP contribution is -2.46. The van der Waals surface area contributed by atoms with E-state index in [0.29, 0.717) is 18.2 Å². The van der Waals surface area contributed by atoms with Gasteiger partial charge in [0.1, 0.15) is 36.1 Å². The van der Waals surface area contributed by atoms with E-state index in [2.05, 4.69) is 4.98 Å².